The Bertz CT molecular complexity index is 1160. The Balaban J connectivity index is 2.25. The van der Waals surface area contributed by atoms with Crippen LogP contribution in [0.1, 0.15) is 62.3 Å². The number of amides is 2. The lowest BCUT2D eigenvalue weighted by Crippen LogP contribution is -2.50. The van der Waals surface area contributed by atoms with Crippen LogP contribution < -0.4 is 9.62 Å². The van der Waals surface area contributed by atoms with Gasteiger partial charge >= 0.3 is 0 Å². The van der Waals surface area contributed by atoms with Crippen molar-refractivity contribution in [1.82, 2.24) is 10.2 Å². The van der Waals surface area contributed by atoms with Gasteiger partial charge in [-0.05, 0) is 70.2 Å². The van der Waals surface area contributed by atoms with Crippen molar-refractivity contribution in [2.45, 2.75) is 79.4 Å². The molecule has 0 saturated carbocycles. The van der Waals surface area contributed by atoms with E-state index in [0.717, 1.165) is 22.3 Å². The Morgan fingerprint density at radius 3 is 2.25 bits per heavy atom. The number of carbonyl (C=O) groups excluding carboxylic acids is 2. The van der Waals surface area contributed by atoms with E-state index < -0.39 is 16.1 Å². The van der Waals surface area contributed by atoms with Gasteiger partial charge in [-0.3, -0.25) is 13.9 Å². The van der Waals surface area contributed by atoms with Gasteiger partial charge < -0.3 is 10.2 Å². The number of aryl methyl sites for hydroxylation is 3. The first-order valence-corrected chi connectivity index (χ1v) is 14.4. The fourth-order valence-corrected chi connectivity index (χ4v) is 5.29. The number of hydrogen-bond donors (Lipinski definition) is 1. The van der Waals surface area contributed by atoms with Gasteiger partial charge in [-0.25, -0.2) is 8.42 Å². The zero-order chi connectivity index (χ0) is 27.0. The molecule has 2 rings (SSSR count). The van der Waals surface area contributed by atoms with Gasteiger partial charge in [-0.15, -0.1) is 0 Å². The number of carbonyl (C=O) groups is 2. The summed E-state index contributed by atoms with van der Waals surface area (Å²) < 4.78 is 26.6. The Labute approximate surface area is 216 Å². The molecule has 0 saturated heterocycles. The van der Waals surface area contributed by atoms with Crippen LogP contribution in [0.5, 0.6) is 0 Å². The summed E-state index contributed by atoms with van der Waals surface area (Å²) >= 11 is 0. The minimum Gasteiger partial charge on any atom is -0.352 e. The maximum atomic E-state index is 13.5. The predicted octanol–water partition coefficient (Wildman–Crippen LogP) is 4.49. The minimum atomic E-state index is -3.53. The fraction of sp³-hybridized carbons (Fsp3) is 0.500. The van der Waals surface area contributed by atoms with Gasteiger partial charge in [0.05, 0.1) is 11.9 Å². The third-order valence-corrected chi connectivity index (χ3v) is 7.22. The van der Waals surface area contributed by atoms with E-state index in [9.17, 15) is 18.0 Å². The molecule has 8 heteroatoms. The zero-order valence-corrected chi connectivity index (χ0v) is 23.5. The SMILES string of the molecule is CC[C@@H](C(=O)NC(C)C)N(Cc1cccc(C)c1)C(=O)CCCN(c1cc(C)ccc1C)S(C)(=O)=O. The van der Waals surface area contributed by atoms with E-state index >= 15 is 0 Å². The summed E-state index contributed by atoms with van der Waals surface area (Å²) in [5, 5.41) is 2.93. The summed E-state index contributed by atoms with van der Waals surface area (Å²) in [6.45, 7) is 12.0. The lowest BCUT2D eigenvalue weighted by molar-refractivity contribution is -0.141. The van der Waals surface area contributed by atoms with Gasteiger partial charge in [0, 0.05) is 25.6 Å². The van der Waals surface area contributed by atoms with Crippen LogP contribution in [0.3, 0.4) is 0 Å². The van der Waals surface area contributed by atoms with E-state index in [1.807, 2.05) is 84.0 Å². The molecule has 0 unspecified atom stereocenters. The Hall–Kier alpha value is -2.87. The summed E-state index contributed by atoms with van der Waals surface area (Å²) in [6, 6.07) is 12.9. The van der Waals surface area contributed by atoms with Gasteiger partial charge in [-0.1, -0.05) is 48.9 Å². The van der Waals surface area contributed by atoms with E-state index in [2.05, 4.69) is 5.32 Å². The number of nitrogens with zero attached hydrogens (tertiary/aromatic N) is 2. The van der Waals surface area contributed by atoms with Crippen molar-refractivity contribution in [3.63, 3.8) is 0 Å². The lowest BCUT2D eigenvalue weighted by Gasteiger charge is -2.32. The quantitative estimate of drug-likeness (QED) is 0.451. The summed E-state index contributed by atoms with van der Waals surface area (Å²) in [5.74, 6) is -0.349. The number of hydrogen-bond acceptors (Lipinski definition) is 4. The first-order valence-electron chi connectivity index (χ1n) is 12.5. The topological polar surface area (TPSA) is 86.8 Å². The Morgan fingerprint density at radius 2 is 1.67 bits per heavy atom. The average molecular weight is 516 g/mol. The molecule has 0 spiro atoms. The third kappa shape index (κ3) is 8.36. The molecule has 36 heavy (non-hydrogen) atoms. The van der Waals surface area contributed by atoms with Crippen LogP contribution in [0.15, 0.2) is 42.5 Å². The predicted molar refractivity (Wildman–Crippen MR) is 146 cm³/mol. The van der Waals surface area contributed by atoms with Gasteiger partial charge in [-0.2, -0.15) is 0 Å². The molecule has 7 nitrogen and oxygen atoms in total. The summed E-state index contributed by atoms with van der Waals surface area (Å²) in [4.78, 5) is 28.1. The van der Waals surface area contributed by atoms with Crippen LogP contribution >= 0.6 is 0 Å². The number of benzene rings is 2. The van der Waals surface area contributed by atoms with Gasteiger partial charge in [0.2, 0.25) is 21.8 Å². The van der Waals surface area contributed by atoms with E-state index in [1.165, 1.54) is 10.6 Å². The van der Waals surface area contributed by atoms with Crippen LogP contribution in [-0.2, 0) is 26.2 Å². The number of anilines is 1. The molecule has 2 aromatic rings. The van der Waals surface area contributed by atoms with Crippen molar-refractivity contribution in [2.24, 2.45) is 0 Å². The molecule has 0 fully saturated rings. The Kier molecular flexibility index (Phi) is 10.5. The largest absolute Gasteiger partial charge is 0.352 e. The van der Waals surface area contributed by atoms with E-state index in [1.54, 1.807) is 4.90 Å². The second-order valence-corrected chi connectivity index (χ2v) is 11.7. The number of sulfonamides is 1. The smallest absolute Gasteiger partial charge is 0.243 e. The highest BCUT2D eigenvalue weighted by molar-refractivity contribution is 7.92. The second kappa shape index (κ2) is 12.9. The maximum absolute atomic E-state index is 13.5. The normalized spacial score (nSPS) is 12.3. The van der Waals surface area contributed by atoms with Gasteiger partial charge in [0.25, 0.3) is 0 Å². The molecule has 0 aliphatic carbocycles. The van der Waals surface area contributed by atoms with Crippen molar-refractivity contribution in [3.8, 4) is 0 Å². The summed E-state index contributed by atoms with van der Waals surface area (Å²) in [6.07, 6.45) is 2.14. The number of rotatable bonds is 12. The molecule has 0 heterocycles. The molecular formula is C28H41N3O4S. The van der Waals surface area contributed by atoms with E-state index in [0.29, 0.717) is 25.1 Å². The molecule has 0 radical (unpaired) electrons. The summed E-state index contributed by atoms with van der Waals surface area (Å²) in [5.41, 5.74) is 4.48. The molecule has 2 amide bonds. The van der Waals surface area contributed by atoms with Crippen molar-refractivity contribution < 1.29 is 18.0 Å². The van der Waals surface area contributed by atoms with Gasteiger partial charge in [0.15, 0.2) is 0 Å². The molecule has 198 valence electrons. The molecule has 1 atom stereocenters. The lowest BCUT2D eigenvalue weighted by atomic mass is 10.1. The maximum Gasteiger partial charge on any atom is 0.243 e. The third-order valence-electron chi connectivity index (χ3n) is 6.04. The molecule has 2 aromatic carbocycles. The molecule has 1 N–H and O–H groups in total. The molecule has 0 aromatic heterocycles. The molecular weight excluding hydrogens is 474 g/mol. The molecule has 0 bridgehead atoms. The van der Waals surface area contributed by atoms with Crippen molar-refractivity contribution in [3.05, 3.63) is 64.7 Å². The van der Waals surface area contributed by atoms with Crippen molar-refractivity contribution >= 4 is 27.5 Å². The van der Waals surface area contributed by atoms with E-state index in [4.69, 9.17) is 0 Å². The second-order valence-electron chi connectivity index (χ2n) is 9.83. The monoisotopic (exact) mass is 515 g/mol. The highest BCUT2D eigenvalue weighted by Crippen LogP contribution is 2.25. The first kappa shape index (κ1) is 29.4. The van der Waals surface area contributed by atoms with Gasteiger partial charge in [0.1, 0.15) is 6.04 Å². The molecule has 0 aliphatic rings. The molecule has 0 aliphatic heterocycles. The highest BCUT2D eigenvalue weighted by atomic mass is 32.2. The van der Waals surface area contributed by atoms with Crippen molar-refractivity contribution in [2.75, 3.05) is 17.1 Å². The van der Waals surface area contributed by atoms with E-state index in [-0.39, 0.29) is 30.8 Å². The van der Waals surface area contributed by atoms with Crippen LogP contribution in [0.4, 0.5) is 5.69 Å². The average Bonchev–Trinajstić information content (AvgIpc) is 2.77. The first-order chi connectivity index (χ1) is 16.8. The highest BCUT2D eigenvalue weighted by Gasteiger charge is 2.29. The van der Waals surface area contributed by atoms with Crippen LogP contribution in [0.25, 0.3) is 0 Å². The number of nitrogens with one attached hydrogen (secondary N) is 1. The minimum absolute atomic E-state index is 0.0386. The summed E-state index contributed by atoms with van der Waals surface area (Å²) in [7, 11) is -3.53. The van der Waals surface area contributed by atoms with Crippen LogP contribution in [0, 0.1) is 20.8 Å². The van der Waals surface area contributed by atoms with Crippen LogP contribution in [0.2, 0.25) is 0 Å². The Morgan fingerprint density at radius 1 is 1.00 bits per heavy atom. The zero-order valence-electron chi connectivity index (χ0n) is 22.7. The van der Waals surface area contributed by atoms with Crippen LogP contribution in [-0.4, -0.2) is 50.0 Å². The fourth-order valence-electron chi connectivity index (χ4n) is 4.28. The van der Waals surface area contributed by atoms with Crippen molar-refractivity contribution in [1.29, 1.82) is 0 Å². The standard InChI is InChI=1S/C28H41N3O4S/c1-8-25(28(33)29-20(2)3)30(19-24-12-9-11-21(4)17-24)27(32)13-10-16-31(36(7,34)35)26-18-22(5)14-15-23(26)6/h9,11-12,14-15,17-18,20,25H,8,10,13,16,19H2,1-7H3,(H,29,33)/t25-/m0/s1.